The number of rotatable bonds is 3. The molecule has 0 saturated carbocycles. The van der Waals surface area contributed by atoms with Crippen LogP contribution >= 0.6 is 11.6 Å². The number of nitrogens with zero attached hydrogens (tertiary/aromatic N) is 2. The molecule has 5 nitrogen and oxygen atoms in total. The van der Waals surface area contributed by atoms with E-state index in [0.29, 0.717) is 0 Å². The fourth-order valence-electron chi connectivity index (χ4n) is 2.23. The number of aromatic nitrogens is 1. The molecule has 0 fully saturated rings. The average molecular weight is 435 g/mol. The molecule has 2 aromatic carbocycles. The van der Waals surface area contributed by atoms with Gasteiger partial charge in [-0.3, -0.25) is 4.98 Å². The number of halogens is 6. The Hall–Kier alpha value is -2.97. The summed E-state index contributed by atoms with van der Waals surface area (Å²) < 4.78 is 95.8. The van der Waals surface area contributed by atoms with Crippen LogP contribution in [-0.2, 0) is 10.1 Å². The molecule has 1 aromatic heterocycles. The van der Waals surface area contributed by atoms with Crippen LogP contribution in [0.2, 0.25) is 5.15 Å². The maximum Gasteiger partial charge on any atom is 0.339 e. The van der Waals surface area contributed by atoms with Crippen LogP contribution in [0.3, 0.4) is 0 Å². The summed E-state index contributed by atoms with van der Waals surface area (Å²) in [6.45, 7) is 7.07. The molecule has 0 amide bonds. The lowest BCUT2D eigenvalue weighted by molar-refractivity contribution is 0.346. The summed E-state index contributed by atoms with van der Waals surface area (Å²) >= 11 is 5.86. The zero-order valence-electron chi connectivity index (χ0n) is 13.1. The highest BCUT2D eigenvalue weighted by atomic mass is 35.5. The van der Waals surface area contributed by atoms with Crippen LogP contribution in [0.5, 0.6) is 5.75 Å². The number of pyridine rings is 1. The third kappa shape index (κ3) is 3.10. The highest BCUT2D eigenvalue weighted by molar-refractivity contribution is 7.87. The Morgan fingerprint density at radius 1 is 0.964 bits per heavy atom. The molecule has 3 rings (SSSR count). The van der Waals surface area contributed by atoms with Crippen molar-refractivity contribution in [3.63, 3.8) is 0 Å². The third-order valence-corrected chi connectivity index (χ3v) is 5.08. The van der Waals surface area contributed by atoms with Crippen molar-refractivity contribution in [1.82, 2.24) is 4.98 Å². The number of fused-ring (bicyclic) bond motifs is 1. The van der Waals surface area contributed by atoms with Crippen LogP contribution in [0.25, 0.3) is 15.6 Å². The molecular formula is C16H4ClF5N2O3S. The number of hydrogen-bond donors (Lipinski definition) is 0. The van der Waals surface area contributed by atoms with Gasteiger partial charge in [0.15, 0.2) is 0 Å². The van der Waals surface area contributed by atoms with Crippen LogP contribution in [0, 0.1) is 35.7 Å². The topological polar surface area (TPSA) is 60.6 Å². The first kappa shape index (κ1) is 19.8. The van der Waals surface area contributed by atoms with Gasteiger partial charge in [0.05, 0.1) is 6.57 Å². The van der Waals surface area contributed by atoms with Gasteiger partial charge in [-0.15, -0.1) is 0 Å². The largest absolute Gasteiger partial charge is 0.372 e. The van der Waals surface area contributed by atoms with Crippen LogP contribution < -0.4 is 4.18 Å². The zero-order valence-corrected chi connectivity index (χ0v) is 14.7. The predicted octanol–water partition coefficient (Wildman–Crippen LogP) is 4.90. The summed E-state index contributed by atoms with van der Waals surface area (Å²) in [7, 11) is -5.04. The molecule has 0 aliphatic rings. The normalized spacial score (nSPS) is 11.5. The minimum atomic E-state index is -5.04. The Morgan fingerprint density at radius 2 is 1.54 bits per heavy atom. The highest BCUT2D eigenvalue weighted by Gasteiger charge is 2.31. The third-order valence-electron chi connectivity index (χ3n) is 3.56. The van der Waals surface area contributed by atoms with E-state index in [1.807, 2.05) is 0 Å². The molecule has 12 heteroatoms. The summed E-state index contributed by atoms with van der Waals surface area (Å²) in [6.07, 6.45) is 1.07. The van der Waals surface area contributed by atoms with Gasteiger partial charge < -0.3 is 4.18 Å². The van der Waals surface area contributed by atoms with Gasteiger partial charge in [-0.1, -0.05) is 17.7 Å². The Kier molecular flexibility index (Phi) is 4.86. The molecule has 3 aromatic rings. The molecule has 1 heterocycles. The van der Waals surface area contributed by atoms with E-state index in [9.17, 15) is 30.4 Å². The van der Waals surface area contributed by atoms with E-state index in [1.165, 1.54) is 0 Å². The van der Waals surface area contributed by atoms with Crippen LogP contribution in [0.1, 0.15) is 0 Å². The lowest BCUT2D eigenvalue weighted by Crippen LogP contribution is -2.14. The first-order valence-electron chi connectivity index (χ1n) is 7.00. The summed E-state index contributed by atoms with van der Waals surface area (Å²) in [6, 6.07) is 2.96. The van der Waals surface area contributed by atoms with E-state index in [-0.39, 0.29) is 21.6 Å². The minimum Gasteiger partial charge on any atom is -0.372 e. The SMILES string of the molecule is [C-]#[N+]c1cnc(Cl)c2ccc(S(=O)(=O)Oc3c(F)c(F)c(F)c(F)c3F)cc12. The second kappa shape index (κ2) is 6.88. The van der Waals surface area contributed by atoms with E-state index in [4.69, 9.17) is 18.2 Å². The van der Waals surface area contributed by atoms with Gasteiger partial charge >= 0.3 is 10.1 Å². The summed E-state index contributed by atoms with van der Waals surface area (Å²) in [5.74, 6) is -14.1. The van der Waals surface area contributed by atoms with Gasteiger partial charge in [0.25, 0.3) is 0 Å². The van der Waals surface area contributed by atoms with E-state index >= 15 is 0 Å². The first-order valence-corrected chi connectivity index (χ1v) is 8.78. The maximum absolute atomic E-state index is 13.7. The van der Waals surface area contributed by atoms with Crippen molar-refractivity contribution in [3.05, 3.63) is 70.1 Å². The molecule has 0 aliphatic heterocycles. The molecular weight excluding hydrogens is 431 g/mol. The predicted molar refractivity (Wildman–Crippen MR) is 87.1 cm³/mol. The van der Waals surface area contributed by atoms with Crippen molar-refractivity contribution in [1.29, 1.82) is 0 Å². The van der Waals surface area contributed by atoms with Gasteiger partial charge in [0, 0.05) is 11.6 Å². The summed E-state index contributed by atoms with van der Waals surface area (Å²) in [5, 5.41) is 0.175. The van der Waals surface area contributed by atoms with E-state index < -0.39 is 49.8 Å². The van der Waals surface area contributed by atoms with Gasteiger partial charge in [0.2, 0.25) is 40.5 Å². The molecule has 0 aliphatic carbocycles. The lowest BCUT2D eigenvalue weighted by Gasteiger charge is -2.11. The van der Waals surface area contributed by atoms with Crippen molar-refractivity contribution in [3.8, 4) is 5.75 Å². The Balaban J connectivity index is 2.17. The average Bonchev–Trinajstić information content (AvgIpc) is 2.68. The second-order valence-electron chi connectivity index (χ2n) is 5.19. The fourth-order valence-corrected chi connectivity index (χ4v) is 3.40. The molecule has 0 spiro atoms. The van der Waals surface area contributed by atoms with Gasteiger partial charge in [0.1, 0.15) is 10.0 Å². The van der Waals surface area contributed by atoms with Crippen molar-refractivity contribution in [2.75, 3.05) is 0 Å². The Morgan fingerprint density at radius 3 is 2.11 bits per heavy atom. The Labute approximate surface area is 158 Å². The molecule has 0 N–H and O–H groups in total. The summed E-state index contributed by atoms with van der Waals surface area (Å²) in [5.41, 5.74) is -0.0901. The number of benzene rings is 2. The highest BCUT2D eigenvalue weighted by Crippen LogP contribution is 2.34. The van der Waals surface area contributed by atoms with Gasteiger partial charge in [-0.2, -0.15) is 17.2 Å². The summed E-state index contributed by atoms with van der Waals surface area (Å²) in [4.78, 5) is 6.17. The van der Waals surface area contributed by atoms with Crippen molar-refractivity contribution in [2.24, 2.45) is 0 Å². The maximum atomic E-state index is 13.7. The van der Waals surface area contributed by atoms with E-state index in [2.05, 4.69) is 14.0 Å². The quantitative estimate of drug-likeness (QED) is 0.147. The van der Waals surface area contributed by atoms with Gasteiger partial charge in [-0.05, 0) is 17.5 Å². The second-order valence-corrected chi connectivity index (χ2v) is 7.09. The molecule has 0 unspecified atom stereocenters. The van der Waals surface area contributed by atoms with Crippen LogP contribution in [0.15, 0.2) is 29.3 Å². The molecule has 144 valence electrons. The van der Waals surface area contributed by atoms with Crippen LogP contribution in [-0.4, -0.2) is 13.4 Å². The Bertz CT molecular complexity index is 1260. The first-order chi connectivity index (χ1) is 13.1. The van der Waals surface area contributed by atoms with E-state index in [0.717, 1.165) is 24.4 Å². The molecule has 28 heavy (non-hydrogen) atoms. The standard InChI is InChI=1S/C16H4ClF5N2O3S/c1-23-9-5-24-16(17)7-3-2-6(4-8(7)9)28(25,26)27-15-13(21)11(19)10(18)12(20)14(15)22/h2-5H. The monoisotopic (exact) mass is 434 g/mol. The van der Waals surface area contributed by atoms with Crippen molar-refractivity contribution < 1.29 is 34.6 Å². The minimum absolute atomic E-state index is 0.0251. The molecule has 0 radical (unpaired) electrons. The smallest absolute Gasteiger partial charge is 0.339 e. The molecule has 0 saturated heterocycles. The van der Waals surface area contributed by atoms with Crippen molar-refractivity contribution >= 4 is 38.2 Å². The lowest BCUT2D eigenvalue weighted by atomic mass is 10.1. The van der Waals surface area contributed by atoms with Gasteiger partial charge in [-0.25, -0.2) is 18.0 Å². The molecule has 0 bridgehead atoms. The molecule has 0 atom stereocenters. The zero-order chi connectivity index (χ0) is 20.8. The van der Waals surface area contributed by atoms with Crippen molar-refractivity contribution in [2.45, 2.75) is 4.90 Å². The fraction of sp³-hybridized carbons (Fsp3) is 0. The van der Waals surface area contributed by atoms with Crippen LogP contribution in [0.4, 0.5) is 27.6 Å². The van der Waals surface area contributed by atoms with E-state index in [1.54, 1.807) is 0 Å². The number of hydrogen-bond acceptors (Lipinski definition) is 4.